The molecule has 0 unspecified atom stereocenters. The first-order chi connectivity index (χ1) is 10.2. The SMILES string of the molecule is CCN(Cc1cccc(C)n1)C(=Nc1ccccc1)NN. The molecule has 0 aliphatic carbocycles. The number of hydrogen-bond acceptors (Lipinski definition) is 3. The Morgan fingerprint density at radius 1 is 1.19 bits per heavy atom. The Morgan fingerprint density at radius 2 is 1.95 bits per heavy atom. The predicted octanol–water partition coefficient (Wildman–Crippen LogP) is 2.36. The van der Waals surface area contributed by atoms with Gasteiger partial charge in [-0.3, -0.25) is 10.4 Å². The van der Waals surface area contributed by atoms with E-state index in [2.05, 4.69) is 27.2 Å². The average molecular weight is 283 g/mol. The van der Waals surface area contributed by atoms with Crippen molar-refractivity contribution < 1.29 is 0 Å². The van der Waals surface area contributed by atoms with Crippen LogP contribution in [0.5, 0.6) is 0 Å². The van der Waals surface area contributed by atoms with Crippen molar-refractivity contribution in [1.29, 1.82) is 0 Å². The second-order valence-corrected chi connectivity index (χ2v) is 4.70. The molecule has 0 spiro atoms. The zero-order valence-corrected chi connectivity index (χ0v) is 12.5. The molecule has 2 aromatic rings. The monoisotopic (exact) mass is 283 g/mol. The Balaban J connectivity index is 2.20. The van der Waals surface area contributed by atoms with Crippen LogP contribution in [0.15, 0.2) is 53.5 Å². The van der Waals surface area contributed by atoms with Gasteiger partial charge in [-0.15, -0.1) is 0 Å². The van der Waals surface area contributed by atoms with Crippen molar-refractivity contribution in [3.8, 4) is 0 Å². The van der Waals surface area contributed by atoms with Crippen molar-refractivity contribution in [2.24, 2.45) is 10.8 Å². The normalized spacial score (nSPS) is 11.3. The zero-order valence-electron chi connectivity index (χ0n) is 12.5. The third kappa shape index (κ3) is 4.29. The lowest BCUT2D eigenvalue weighted by Gasteiger charge is -2.23. The molecule has 0 aliphatic rings. The van der Waals surface area contributed by atoms with Crippen LogP contribution in [0.1, 0.15) is 18.3 Å². The van der Waals surface area contributed by atoms with E-state index in [4.69, 9.17) is 5.84 Å². The van der Waals surface area contributed by atoms with E-state index in [1.54, 1.807) is 0 Å². The molecule has 1 aromatic carbocycles. The molecule has 3 N–H and O–H groups in total. The van der Waals surface area contributed by atoms with Gasteiger partial charge in [0.2, 0.25) is 5.96 Å². The molecular formula is C16H21N5. The van der Waals surface area contributed by atoms with Gasteiger partial charge in [-0.1, -0.05) is 24.3 Å². The van der Waals surface area contributed by atoms with E-state index in [0.29, 0.717) is 12.5 Å². The first-order valence-electron chi connectivity index (χ1n) is 7.00. The van der Waals surface area contributed by atoms with Crippen LogP contribution < -0.4 is 11.3 Å². The third-order valence-electron chi connectivity index (χ3n) is 3.10. The minimum atomic E-state index is 0.631. The van der Waals surface area contributed by atoms with Crippen molar-refractivity contribution in [2.45, 2.75) is 20.4 Å². The second-order valence-electron chi connectivity index (χ2n) is 4.70. The number of guanidine groups is 1. The van der Waals surface area contributed by atoms with Crippen molar-refractivity contribution in [3.05, 3.63) is 59.9 Å². The molecule has 0 fully saturated rings. The van der Waals surface area contributed by atoms with Crippen molar-refractivity contribution in [2.75, 3.05) is 6.54 Å². The topological polar surface area (TPSA) is 66.5 Å². The number of hydrazine groups is 1. The molecule has 0 radical (unpaired) electrons. The highest BCUT2D eigenvalue weighted by molar-refractivity contribution is 5.82. The summed E-state index contributed by atoms with van der Waals surface area (Å²) in [7, 11) is 0. The summed E-state index contributed by atoms with van der Waals surface area (Å²) >= 11 is 0. The first kappa shape index (κ1) is 15.0. The van der Waals surface area contributed by atoms with Gasteiger partial charge in [-0.25, -0.2) is 10.8 Å². The van der Waals surface area contributed by atoms with Crippen molar-refractivity contribution in [1.82, 2.24) is 15.3 Å². The van der Waals surface area contributed by atoms with Crippen molar-refractivity contribution in [3.63, 3.8) is 0 Å². The molecule has 5 nitrogen and oxygen atoms in total. The van der Waals surface area contributed by atoms with Crippen LogP contribution in [0.25, 0.3) is 0 Å². The number of para-hydroxylation sites is 1. The average Bonchev–Trinajstić information content (AvgIpc) is 2.51. The maximum Gasteiger partial charge on any atom is 0.213 e. The Labute approximate surface area is 125 Å². The number of aliphatic imine (C=N–C) groups is 1. The van der Waals surface area contributed by atoms with Crippen LogP contribution in [-0.4, -0.2) is 22.4 Å². The molecular weight excluding hydrogens is 262 g/mol. The highest BCUT2D eigenvalue weighted by atomic mass is 15.4. The van der Waals surface area contributed by atoms with Gasteiger partial charge in [-0.05, 0) is 38.1 Å². The van der Waals surface area contributed by atoms with Crippen molar-refractivity contribution >= 4 is 11.6 Å². The van der Waals surface area contributed by atoms with E-state index in [1.165, 1.54) is 0 Å². The van der Waals surface area contributed by atoms with Gasteiger partial charge < -0.3 is 4.90 Å². The predicted molar refractivity (Wildman–Crippen MR) is 85.9 cm³/mol. The van der Waals surface area contributed by atoms with Gasteiger partial charge >= 0.3 is 0 Å². The summed E-state index contributed by atoms with van der Waals surface area (Å²) in [5, 5.41) is 0. The number of nitrogens with one attached hydrogen (secondary N) is 1. The van der Waals surface area contributed by atoms with Gasteiger partial charge in [0.15, 0.2) is 0 Å². The molecule has 0 bridgehead atoms. The van der Waals surface area contributed by atoms with Crippen LogP contribution in [0.2, 0.25) is 0 Å². The number of aromatic nitrogens is 1. The Hall–Kier alpha value is -2.40. The summed E-state index contributed by atoms with van der Waals surface area (Å²) in [4.78, 5) is 11.1. The Morgan fingerprint density at radius 3 is 2.57 bits per heavy atom. The summed E-state index contributed by atoms with van der Waals surface area (Å²) in [6, 6.07) is 15.7. The molecule has 2 rings (SSSR count). The Bertz CT molecular complexity index is 595. The van der Waals surface area contributed by atoms with E-state index in [-0.39, 0.29) is 0 Å². The minimum absolute atomic E-state index is 0.631. The summed E-state index contributed by atoms with van der Waals surface area (Å²) in [5.74, 6) is 6.27. The molecule has 1 aromatic heterocycles. The van der Waals surface area contributed by atoms with E-state index >= 15 is 0 Å². The van der Waals surface area contributed by atoms with E-state index in [0.717, 1.165) is 23.6 Å². The fourth-order valence-electron chi connectivity index (χ4n) is 2.04. The first-order valence-corrected chi connectivity index (χ1v) is 7.00. The lowest BCUT2D eigenvalue weighted by Crippen LogP contribution is -2.44. The number of pyridine rings is 1. The minimum Gasteiger partial charge on any atom is -0.336 e. The molecule has 5 heteroatoms. The van der Waals surface area contributed by atoms with Gasteiger partial charge in [0, 0.05) is 12.2 Å². The molecule has 0 aliphatic heterocycles. The quantitative estimate of drug-likeness (QED) is 0.391. The molecule has 1 heterocycles. The van der Waals surface area contributed by atoms with Gasteiger partial charge in [0.1, 0.15) is 0 Å². The van der Waals surface area contributed by atoms with Crippen LogP contribution in [-0.2, 0) is 6.54 Å². The molecule has 0 saturated carbocycles. The highest BCUT2D eigenvalue weighted by Gasteiger charge is 2.10. The van der Waals surface area contributed by atoms with Gasteiger partial charge in [-0.2, -0.15) is 0 Å². The smallest absolute Gasteiger partial charge is 0.213 e. The fraction of sp³-hybridized carbons (Fsp3) is 0.250. The van der Waals surface area contributed by atoms with E-state index in [9.17, 15) is 0 Å². The number of nitrogens with zero attached hydrogens (tertiary/aromatic N) is 3. The zero-order chi connectivity index (χ0) is 15.1. The fourth-order valence-corrected chi connectivity index (χ4v) is 2.04. The maximum atomic E-state index is 5.64. The largest absolute Gasteiger partial charge is 0.336 e. The van der Waals surface area contributed by atoms with Crippen LogP contribution >= 0.6 is 0 Å². The van der Waals surface area contributed by atoms with E-state index in [1.807, 2.05) is 55.5 Å². The van der Waals surface area contributed by atoms with Gasteiger partial charge in [0.05, 0.1) is 17.9 Å². The number of rotatable bonds is 4. The van der Waals surface area contributed by atoms with Gasteiger partial charge in [0.25, 0.3) is 0 Å². The lowest BCUT2D eigenvalue weighted by molar-refractivity contribution is 0.413. The summed E-state index contributed by atoms with van der Waals surface area (Å²) in [5.41, 5.74) is 5.55. The number of benzene rings is 1. The van der Waals surface area contributed by atoms with Crippen LogP contribution in [0, 0.1) is 6.92 Å². The van der Waals surface area contributed by atoms with E-state index < -0.39 is 0 Å². The standard InChI is InChI=1S/C16H21N5/c1-3-21(12-15-11-7-8-13(2)18-15)16(20-17)19-14-9-5-4-6-10-14/h4-11H,3,12,17H2,1-2H3,(H,19,20). The summed E-state index contributed by atoms with van der Waals surface area (Å²) in [6.07, 6.45) is 0. The highest BCUT2D eigenvalue weighted by Crippen LogP contribution is 2.11. The number of nitrogens with two attached hydrogens (primary N) is 1. The van der Waals surface area contributed by atoms with Crippen LogP contribution in [0.4, 0.5) is 5.69 Å². The van der Waals surface area contributed by atoms with Crippen LogP contribution in [0.3, 0.4) is 0 Å². The number of aryl methyl sites for hydroxylation is 1. The third-order valence-corrected chi connectivity index (χ3v) is 3.10. The second kappa shape index (κ2) is 7.40. The molecule has 0 saturated heterocycles. The summed E-state index contributed by atoms with van der Waals surface area (Å²) < 4.78 is 0. The molecule has 0 amide bonds. The Kier molecular flexibility index (Phi) is 5.29. The number of hydrogen-bond donors (Lipinski definition) is 2. The maximum absolute atomic E-state index is 5.64. The summed E-state index contributed by atoms with van der Waals surface area (Å²) in [6.45, 7) is 5.49. The molecule has 0 atom stereocenters. The lowest BCUT2D eigenvalue weighted by atomic mass is 10.3. The molecule has 21 heavy (non-hydrogen) atoms. The molecule has 110 valence electrons.